The van der Waals surface area contributed by atoms with Crippen molar-refractivity contribution in [2.75, 3.05) is 27.2 Å². The third kappa shape index (κ3) is 5.50. The number of benzene rings is 1. The van der Waals surface area contributed by atoms with Crippen LogP contribution in [0.25, 0.3) is 0 Å². The first kappa shape index (κ1) is 16.0. The average molecular weight is 307 g/mol. The van der Waals surface area contributed by atoms with Crippen LogP contribution in [0.3, 0.4) is 0 Å². The molecule has 0 saturated carbocycles. The molecule has 0 aliphatic heterocycles. The van der Waals surface area contributed by atoms with Gasteiger partial charge in [-0.1, -0.05) is 23.7 Å². The summed E-state index contributed by atoms with van der Waals surface area (Å²) in [6.45, 7) is 5.79. The Morgan fingerprint density at radius 3 is 2.38 bits per heavy atom. The van der Waals surface area contributed by atoms with Gasteiger partial charge in [0.25, 0.3) is 0 Å². The fourth-order valence-electron chi connectivity index (χ4n) is 2.20. The molecule has 0 saturated heterocycles. The molecule has 1 N–H and O–H groups in total. The van der Waals surface area contributed by atoms with Gasteiger partial charge >= 0.3 is 0 Å². The molecular formula is C16H23ClN4. The molecule has 114 valence electrons. The maximum absolute atomic E-state index is 5.95. The lowest BCUT2D eigenvalue weighted by atomic mass is 10.2. The Morgan fingerprint density at radius 1 is 1.10 bits per heavy atom. The molecule has 0 amide bonds. The molecule has 5 heteroatoms. The van der Waals surface area contributed by atoms with E-state index in [1.807, 2.05) is 25.3 Å². The predicted molar refractivity (Wildman–Crippen MR) is 87.4 cm³/mol. The number of rotatable bonds is 7. The van der Waals surface area contributed by atoms with Crippen molar-refractivity contribution in [1.29, 1.82) is 0 Å². The van der Waals surface area contributed by atoms with Crippen molar-refractivity contribution >= 4 is 11.6 Å². The Labute approximate surface area is 131 Å². The summed E-state index contributed by atoms with van der Waals surface area (Å²) >= 11 is 5.95. The van der Waals surface area contributed by atoms with Crippen molar-refractivity contribution in [2.24, 2.45) is 0 Å². The number of nitrogens with zero attached hydrogens (tertiary/aromatic N) is 3. The molecule has 4 nitrogen and oxygen atoms in total. The van der Waals surface area contributed by atoms with E-state index in [1.165, 1.54) is 5.56 Å². The van der Waals surface area contributed by atoms with Crippen molar-refractivity contribution in [3.63, 3.8) is 0 Å². The largest absolute Gasteiger partial charge is 0.345 e. The molecule has 0 bridgehead atoms. The van der Waals surface area contributed by atoms with Crippen LogP contribution in [0.5, 0.6) is 0 Å². The Hall–Kier alpha value is -1.36. The Kier molecular flexibility index (Phi) is 5.79. The fraction of sp³-hybridized carbons (Fsp3) is 0.438. The van der Waals surface area contributed by atoms with E-state index in [1.54, 1.807) is 0 Å². The van der Waals surface area contributed by atoms with Crippen LogP contribution in [-0.4, -0.2) is 47.0 Å². The van der Waals surface area contributed by atoms with E-state index >= 15 is 0 Å². The van der Waals surface area contributed by atoms with Gasteiger partial charge in [-0.25, -0.2) is 4.98 Å². The van der Waals surface area contributed by atoms with Crippen LogP contribution in [-0.2, 0) is 13.1 Å². The van der Waals surface area contributed by atoms with Crippen molar-refractivity contribution in [1.82, 2.24) is 19.8 Å². The Balaban J connectivity index is 2.02. The van der Waals surface area contributed by atoms with Crippen LogP contribution >= 0.6 is 11.6 Å². The van der Waals surface area contributed by atoms with Crippen molar-refractivity contribution in [3.05, 3.63) is 52.6 Å². The number of H-pyrrole nitrogens is 1. The highest BCUT2D eigenvalue weighted by Gasteiger charge is 2.09. The van der Waals surface area contributed by atoms with Crippen molar-refractivity contribution in [2.45, 2.75) is 20.0 Å². The molecule has 1 aromatic carbocycles. The average Bonchev–Trinajstić information content (AvgIpc) is 2.84. The second-order valence-electron chi connectivity index (χ2n) is 5.63. The van der Waals surface area contributed by atoms with Crippen LogP contribution in [0.1, 0.15) is 17.1 Å². The summed E-state index contributed by atoms with van der Waals surface area (Å²) < 4.78 is 0. The number of halogens is 1. The molecule has 21 heavy (non-hydrogen) atoms. The summed E-state index contributed by atoms with van der Waals surface area (Å²) in [5, 5.41) is 0.780. The molecule has 0 atom stereocenters. The fourth-order valence-corrected chi connectivity index (χ4v) is 2.32. The molecule has 0 unspecified atom stereocenters. The highest BCUT2D eigenvalue weighted by atomic mass is 35.5. The first-order valence-electron chi connectivity index (χ1n) is 7.15. The van der Waals surface area contributed by atoms with E-state index in [0.717, 1.165) is 42.7 Å². The molecule has 0 spiro atoms. The summed E-state index contributed by atoms with van der Waals surface area (Å²) in [5.74, 6) is 0.962. The molecule has 1 aromatic heterocycles. The number of likely N-dealkylation sites (N-methyl/N-ethyl adjacent to an activating group) is 1. The van der Waals surface area contributed by atoms with Gasteiger partial charge in [0, 0.05) is 43.1 Å². The van der Waals surface area contributed by atoms with Crippen LogP contribution in [0.2, 0.25) is 5.02 Å². The molecule has 1 heterocycles. The van der Waals surface area contributed by atoms with Crippen LogP contribution in [0.4, 0.5) is 0 Å². The SMILES string of the molecule is Cc1ncc(CN(CCN(C)C)Cc2ccc(Cl)cc2)[nH]1. The topological polar surface area (TPSA) is 35.2 Å². The minimum absolute atomic E-state index is 0.780. The van der Waals surface area contributed by atoms with E-state index in [9.17, 15) is 0 Å². The second-order valence-corrected chi connectivity index (χ2v) is 6.07. The number of imidazole rings is 1. The summed E-state index contributed by atoms with van der Waals surface area (Å²) in [6, 6.07) is 8.06. The number of nitrogens with one attached hydrogen (secondary N) is 1. The highest BCUT2D eigenvalue weighted by Crippen LogP contribution is 2.13. The smallest absolute Gasteiger partial charge is 0.103 e. The van der Waals surface area contributed by atoms with Gasteiger partial charge in [-0.05, 0) is 38.7 Å². The van der Waals surface area contributed by atoms with E-state index < -0.39 is 0 Å². The minimum atomic E-state index is 0.780. The molecule has 0 radical (unpaired) electrons. The number of aromatic nitrogens is 2. The lowest BCUT2D eigenvalue weighted by Crippen LogP contribution is -2.31. The summed E-state index contributed by atoms with van der Waals surface area (Å²) in [5.41, 5.74) is 2.43. The maximum Gasteiger partial charge on any atom is 0.103 e. The minimum Gasteiger partial charge on any atom is -0.345 e. The van der Waals surface area contributed by atoms with Crippen molar-refractivity contribution < 1.29 is 0 Å². The number of hydrogen-bond acceptors (Lipinski definition) is 3. The van der Waals surface area contributed by atoms with Gasteiger partial charge in [0.2, 0.25) is 0 Å². The van der Waals surface area contributed by atoms with Crippen LogP contribution < -0.4 is 0 Å². The number of aromatic amines is 1. The molecule has 2 aromatic rings. The third-order valence-corrected chi connectivity index (χ3v) is 3.58. The normalized spacial score (nSPS) is 11.5. The third-order valence-electron chi connectivity index (χ3n) is 3.33. The highest BCUT2D eigenvalue weighted by molar-refractivity contribution is 6.30. The van der Waals surface area contributed by atoms with Crippen molar-refractivity contribution in [3.8, 4) is 0 Å². The predicted octanol–water partition coefficient (Wildman–Crippen LogP) is 2.94. The van der Waals surface area contributed by atoms with Gasteiger partial charge in [-0.3, -0.25) is 4.90 Å². The summed E-state index contributed by atoms with van der Waals surface area (Å²) in [7, 11) is 4.20. The van der Waals surface area contributed by atoms with Gasteiger partial charge in [-0.15, -0.1) is 0 Å². The molecular weight excluding hydrogens is 284 g/mol. The molecule has 0 aliphatic carbocycles. The molecule has 0 aliphatic rings. The first-order valence-corrected chi connectivity index (χ1v) is 7.53. The van der Waals surface area contributed by atoms with Crippen LogP contribution in [0, 0.1) is 6.92 Å². The monoisotopic (exact) mass is 306 g/mol. The number of hydrogen-bond donors (Lipinski definition) is 1. The second kappa shape index (κ2) is 7.59. The van der Waals surface area contributed by atoms with Gasteiger partial charge in [0.1, 0.15) is 5.82 Å². The first-order chi connectivity index (χ1) is 10.0. The summed E-state index contributed by atoms with van der Waals surface area (Å²) in [4.78, 5) is 12.2. The molecule has 2 rings (SSSR count). The van der Waals surface area contributed by atoms with Gasteiger partial charge < -0.3 is 9.88 Å². The Morgan fingerprint density at radius 2 is 1.81 bits per heavy atom. The van der Waals surface area contributed by atoms with Gasteiger partial charge in [-0.2, -0.15) is 0 Å². The van der Waals surface area contributed by atoms with Crippen LogP contribution in [0.15, 0.2) is 30.5 Å². The number of aryl methyl sites for hydroxylation is 1. The lowest BCUT2D eigenvalue weighted by molar-refractivity contribution is 0.224. The van der Waals surface area contributed by atoms with E-state index in [-0.39, 0.29) is 0 Å². The van der Waals surface area contributed by atoms with E-state index in [2.05, 4.69) is 46.0 Å². The maximum atomic E-state index is 5.95. The standard InChI is InChI=1S/C16H23ClN4/c1-13-18-10-16(19-13)12-21(9-8-20(2)3)11-14-4-6-15(17)7-5-14/h4-7,10H,8-9,11-12H2,1-3H3,(H,18,19). The zero-order chi connectivity index (χ0) is 15.2. The zero-order valence-corrected chi connectivity index (χ0v) is 13.7. The molecule has 0 fully saturated rings. The van der Waals surface area contributed by atoms with E-state index in [4.69, 9.17) is 11.6 Å². The van der Waals surface area contributed by atoms with E-state index in [0.29, 0.717) is 0 Å². The lowest BCUT2D eigenvalue weighted by Gasteiger charge is -2.23. The Bertz CT molecular complexity index is 548. The zero-order valence-electron chi connectivity index (χ0n) is 12.9. The van der Waals surface area contributed by atoms with Gasteiger partial charge in [0.15, 0.2) is 0 Å². The summed E-state index contributed by atoms with van der Waals surface area (Å²) in [6.07, 6.45) is 1.92. The van der Waals surface area contributed by atoms with Gasteiger partial charge in [0.05, 0.1) is 0 Å². The quantitative estimate of drug-likeness (QED) is 0.854.